The third kappa shape index (κ3) is 4.95. The molecule has 1 unspecified atom stereocenters. The quantitative estimate of drug-likeness (QED) is 0.403. The average Bonchev–Trinajstić information content (AvgIpc) is 2.53. The van der Waals surface area contributed by atoms with E-state index in [1.807, 2.05) is 0 Å². The molecule has 8 heteroatoms. The summed E-state index contributed by atoms with van der Waals surface area (Å²) in [6.07, 6.45) is -0.218. The first kappa shape index (κ1) is 19.0. The number of hydrogen-bond donors (Lipinski definition) is 0. The summed E-state index contributed by atoms with van der Waals surface area (Å²) < 4.78 is 14.0. The highest BCUT2D eigenvalue weighted by atomic mass is 79.9. The van der Waals surface area contributed by atoms with Crippen molar-refractivity contribution in [1.29, 1.82) is 0 Å². The van der Waals surface area contributed by atoms with Gasteiger partial charge in [0.25, 0.3) is 0 Å². The molecule has 0 aliphatic carbocycles. The lowest BCUT2D eigenvalue weighted by Gasteiger charge is -2.13. The standard InChI is InChI=1S/C15H16BrO7/c1-8(16)14(19)13-9(6-11(17)21-2)4-5-10(15(13)20)23-7-12(18)22-3/h4-5,8H,6-7H2,1-3H3. The summed E-state index contributed by atoms with van der Waals surface area (Å²) in [4.78, 5) is 34.2. The molecule has 125 valence electrons. The molecular formula is C15H16BrO7. The third-order valence-corrected chi connectivity index (χ3v) is 3.37. The molecule has 0 aliphatic heterocycles. The molecule has 0 aromatic heterocycles. The van der Waals surface area contributed by atoms with Crippen LogP contribution in [-0.2, 0) is 30.6 Å². The van der Waals surface area contributed by atoms with Gasteiger partial charge in [0.15, 0.2) is 18.1 Å². The van der Waals surface area contributed by atoms with Crippen LogP contribution in [0.3, 0.4) is 0 Å². The maximum Gasteiger partial charge on any atom is 0.343 e. The smallest absolute Gasteiger partial charge is 0.343 e. The van der Waals surface area contributed by atoms with Crippen LogP contribution >= 0.6 is 15.9 Å². The second-order valence-corrected chi connectivity index (χ2v) is 5.90. The van der Waals surface area contributed by atoms with Crippen molar-refractivity contribution in [2.45, 2.75) is 18.2 Å². The van der Waals surface area contributed by atoms with E-state index in [4.69, 9.17) is 4.74 Å². The molecule has 0 heterocycles. The molecule has 0 fully saturated rings. The van der Waals surface area contributed by atoms with Crippen molar-refractivity contribution in [1.82, 2.24) is 0 Å². The molecule has 1 aromatic rings. The van der Waals surface area contributed by atoms with Crippen molar-refractivity contribution >= 4 is 33.7 Å². The number of halogens is 1. The molecule has 1 radical (unpaired) electrons. The van der Waals surface area contributed by atoms with Crippen molar-refractivity contribution in [2.75, 3.05) is 20.8 Å². The number of alkyl halides is 1. The van der Waals surface area contributed by atoms with Crippen LogP contribution in [-0.4, -0.2) is 43.4 Å². The largest absolute Gasteiger partial charge is 0.478 e. The summed E-state index contributed by atoms with van der Waals surface area (Å²) in [5.74, 6) is -2.58. The number of esters is 2. The van der Waals surface area contributed by atoms with E-state index in [2.05, 4.69) is 25.4 Å². The van der Waals surface area contributed by atoms with Crippen LogP contribution in [0.25, 0.3) is 0 Å². The van der Waals surface area contributed by atoms with Crippen LogP contribution in [0.15, 0.2) is 12.1 Å². The minimum absolute atomic E-state index is 0.165. The molecule has 7 nitrogen and oxygen atoms in total. The predicted molar refractivity (Wildman–Crippen MR) is 82.5 cm³/mol. The lowest BCUT2D eigenvalue weighted by atomic mass is 9.98. The Morgan fingerprint density at radius 1 is 1.13 bits per heavy atom. The summed E-state index contributed by atoms with van der Waals surface area (Å²) in [6, 6.07) is 2.73. The maximum absolute atomic E-state index is 12.4. The second kappa shape index (κ2) is 8.52. The lowest BCUT2D eigenvalue weighted by Crippen LogP contribution is -2.17. The van der Waals surface area contributed by atoms with E-state index in [0.717, 1.165) is 0 Å². The van der Waals surface area contributed by atoms with E-state index in [9.17, 15) is 19.5 Å². The van der Waals surface area contributed by atoms with E-state index in [1.165, 1.54) is 26.4 Å². The normalized spacial score (nSPS) is 11.5. The van der Waals surface area contributed by atoms with Gasteiger partial charge in [-0.05, 0) is 18.6 Å². The number of ketones is 1. The number of hydrogen-bond acceptors (Lipinski definition) is 6. The number of carbonyl (C=O) groups is 3. The van der Waals surface area contributed by atoms with Gasteiger partial charge in [0.1, 0.15) is 0 Å². The Hall–Kier alpha value is -2.09. The summed E-state index contributed by atoms with van der Waals surface area (Å²) in [5, 5.41) is 12.4. The summed E-state index contributed by atoms with van der Waals surface area (Å²) in [5.41, 5.74) is 0.0747. The molecule has 0 amide bonds. The van der Waals surface area contributed by atoms with Crippen molar-refractivity contribution < 1.29 is 33.7 Å². The number of methoxy groups -OCH3 is 2. The van der Waals surface area contributed by atoms with Crippen LogP contribution in [0.1, 0.15) is 22.8 Å². The van der Waals surface area contributed by atoms with Crippen LogP contribution in [0.4, 0.5) is 0 Å². The fourth-order valence-corrected chi connectivity index (χ4v) is 1.99. The Balaban J connectivity index is 3.23. The molecular weight excluding hydrogens is 372 g/mol. The van der Waals surface area contributed by atoms with Gasteiger partial charge in [-0.15, -0.1) is 0 Å². The van der Waals surface area contributed by atoms with Crippen molar-refractivity contribution in [3.05, 3.63) is 23.3 Å². The van der Waals surface area contributed by atoms with Crippen molar-refractivity contribution in [3.63, 3.8) is 0 Å². The van der Waals surface area contributed by atoms with Gasteiger partial charge in [0.05, 0.1) is 31.0 Å². The van der Waals surface area contributed by atoms with E-state index < -0.39 is 34.9 Å². The first-order chi connectivity index (χ1) is 10.8. The second-order valence-electron chi connectivity index (χ2n) is 4.52. The topological polar surface area (TPSA) is 98.8 Å². The SMILES string of the molecule is COC(=O)COc1ccc(CC(=O)OC)c(C(=O)C(C)Br)c1[O]. The molecule has 0 aliphatic rings. The number of rotatable bonds is 7. The van der Waals surface area contributed by atoms with Gasteiger partial charge < -0.3 is 14.2 Å². The fraction of sp³-hybridized carbons (Fsp3) is 0.400. The molecule has 0 bridgehead atoms. The van der Waals surface area contributed by atoms with Crippen molar-refractivity contribution in [3.8, 4) is 11.5 Å². The van der Waals surface area contributed by atoms with E-state index in [-0.39, 0.29) is 23.3 Å². The van der Waals surface area contributed by atoms with Gasteiger partial charge in [-0.3, -0.25) is 14.7 Å². The number of ether oxygens (including phenoxy) is 3. The van der Waals surface area contributed by atoms with Gasteiger partial charge in [-0.25, -0.2) is 4.79 Å². The molecule has 0 spiro atoms. The highest BCUT2D eigenvalue weighted by Gasteiger charge is 2.26. The molecule has 0 saturated carbocycles. The fourth-order valence-electron chi connectivity index (χ4n) is 1.76. The zero-order valence-electron chi connectivity index (χ0n) is 12.9. The van der Waals surface area contributed by atoms with Crippen LogP contribution in [0.5, 0.6) is 11.5 Å². The van der Waals surface area contributed by atoms with Gasteiger partial charge in [-0.2, -0.15) is 0 Å². The summed E-state index contributed by atoms with van der Waals surface area (Å²) in [7, 11) is 2.40. The highest BCUT2D eigenvalue weighted by Crippen LogP contribution is 2.35. The van der Waals surface area contributed by atoms with Gasteiger partial charge in [0, 0.05) is 0 Å². The maximum atomic E-state index is 12.4. The molecule has 0 N–H and O–H groups in total. The predicted octanol–water partition coefficient (Wildman–Crippen LogP) is 2.06. The molecule has 1 rings (SSSR count). The number of carbonyl (C=O) groups excluding carboxylic acids is 3. The Morgan fingerprint density at radius 2 is 1.74 bits per heavy atom. The Bertz CT molecular complexity index is 610. The first-order valence-corrected chi connectivity index (χ1v) is 7.51. The minimum Gasteiger partial charge on any atom is -0.478 e. The third-order valence-electron chi connectivity index (χ3n) is 2.95. The molecule has 1 atom stereocenters. The minimum atomic E-state index is -0.688. The summed E-state index contributed by atoms with van der Waals surface area (Å²) in [6.45, 7) is 1.10. The number of benzene rings is 1. The first-order valence-electron chi connectivity index (χ1n) is 6.59. The van der Waals surface area contributed by atoms with Crippen LogP contribution < -0.4 is 4.74 Å². The molecule has 23 heavy (non-hydrogen) atoms. The monoisotopic (exact) mass is 387 g/mol. The zero-order valence-corrected chi connectivity index (χ0v) is 14.5. The van der Waals surface area contributed by atoms with E-state index in [0.29, 0.717) is 0 Å². The Kier molecular flexibility index (Phi) is 7.02. The zero-order chi connectivity index (χ0) is 17.6. The highest BCUT2D eigenvalue weighted by molar-refractivity contribution is 9.10. The van der Waals surface area contributed by atoms with Crippen LogP contribution in [0.2, 0.25) is 0 Å². The lowest BCUT2D eigenvalue weighted by molar-refractivity contribution is -0.143. The van der Waals surface area contributed by atoms with E-state index >= 15 is 0 Å². The Labute approximate surface area is 141 Å². The average molecular weight is 388 g/mol. The summed E-state index contributed by atoms with van der Waals surface area (Å²) >= 11 is 3.11. The number of Topliss-reactive ketones (excluding diaryl/α,β-unsaturated/α-hetero) is 1. The van der Waals surface area contributed by atoms with Gasteiger partial charge >= 0.3 is 11.9 Å². The van der Waals surface area contributed by atoms with Crippen LogP contribution in [0, 0.1) is 0 Å². The van der Waals surface area contributed by atoms with Gasteiger partial charge in [-0.1, -0.05) is 22.0 Å². The van der Waals surface area contributed by atoms with Gasteiger partial charge in [0.2, 0.25) is 5.75 Å². The Morgan fingerprint density at radius 3 is 2.26 bits per heavy atom. The van der Waals surface area contributed by atoms with Crippen molar-refractivity contribution in [2.24, 2.45) is 0 Å². The van der Waals surface area contributed by atoms with E-state index in [1.54, 1.807) is 6.92 Å². The molecule has 1 aromatic carbocycles. The molecule has 0 saturated heterocycles.